The third kappa shape index (κ3) is 3.23. The molecule has 0 aliphatic rings. The molecule has 0 unspecified atom stereocenters. The van der Waals surface area contributed by atoms with Crippen molar-refractivity contribution in [2.75, 3.05) is 0 Å². The number of aliphatic imine (C=N–C) groups is 1. The monoisotopic (exact) mass is 137 g/mol. The van der Waals surface area contributed by atoms with Gasteiger partial charge in [-0.25, -0.2) is 0 Å². The van der Waals surface area contributed by atoms with Crippen LogP contribution in [0.2, 0.25) is 0 Å². The van der Waals surface area contributed by atoms with Crippen LogP contribution >= 0.6 is 0 Å². The highest BCUT2D eigenvalue weighted by molar-refractivity contribution is 5.58. The predicted octanol–water partition coefficient (Wildman–Crippen LogP) is 2.95. The van der Waals surface area contributed by atoms with E-state index in [1.165, 1.54) is 0 Å². The third-order valence-electron chi connectivity index (χ3n) is 1.34. The molecule has 0 aromatic heterocycles. The molecule has 0 amide bonds. The van der Waals surface area contributed by atoms with E-state index in [4.69, 9.17) is 0 Å². The summed E-state index contributed by atoms with van der Waals surface area (Å²) in [6.07, 6.45) is 4.71. The Kier molecular flexibility index (Phi) is 4.55. The minimum Gasteiger partial charge on any atom is -0.266 e. The molecule has 0 rings (SSSR count). The van der Waals surface area contributed by atoms with E-state index in [0.717, 1.165) is 17.7 Å². The highest BCUT2D eigenvalue weighted by Gasteiger charge is 1.85. The molecule has 0 aliphatic heterocycles. The van der Waals surface area contributed by atoms with Gasteiger partial charge in [0.2, 0.25) is 0 Å². The van der Waals surface area contributed by atoms with Crippen molar-refractivity contribution in [2.45, 2.75) is 27.2 Å². The van der Waals surface area contributed by atoms with Gasteiger partial charge in [0.1, 0.15) is 0 Å². The normalized spacial score (nSPS) is 13.5. The van der Waals surface area contributed by atoms with E-state index < -0.39 is 0 Å². The van der Waals surface area contributed by atoms with Crippen molar-refractivity contribution < 1.29 is 0 Å². The zero-order valence-electron chi connectivity index (χ0n) is 7.02. The number of hydrogen-bond acceptors (Lipinski definition) is 1. The summed E-state index contributed by atoms with van der Waals surface area (Å²) in [5.74, 6) is 0. The summed E-state index contributed by atoms with van der Waals surface area (Å²) in [5, 5.41) is 0. The van der Waals surface area contributed by atoms with Crippen LogP contribution in [0.1, 0.15) is 27.2 Å². The molecule has 1 heteroatoms. The van der Waals surface area contributed by atoms with Crippen LogP contribution in [0.5, 0.6) is 0 Å². The van der Waals surface area contributed by atoms with Crippen molar-refractivity contribution in [1.29, 1.82) is 0 Å². The van der Waals surface area contributed by atoms with E-state index in [0.29, 0.717) is 0 Å². The van der Waals surface area contributed by atoms with Gasteiger partial charge in [0.05, 0.1) is 0 Å². The van der Waals surface area contributed by atoms with Crippen LogP contribution in [-0.2, 0) is 0 Å². The summed E-state index contributed by atoms with van der Waals surface area (Å²) >= 11 is 0. The van der Waals surface area contributed by atoms with E-state index in [9.17, 15) is 0 Å². The van der Waals surface area contributed by atoms with Crippen molar-refractivity contribution in [1.82, 2.24) is 0 Å². The molecule has 0 aromatic rings. The van der Waals surface area contributed by atoms with Crippen molar-refractivity contribution >= 4 is 6.21 Å². The third-order valence-corrected chi connectivity index (χ3v) is 1.34. The highest BCUT2D eigenvalue weighted by Crippen LogP contribution is 2.03. The van der Waals surface area contributed by atoms with Gasteiger partial charge >= 0.3 is 0 Å². The molecule has 0 aromatic carbocycles. The quantitative estimate of drug-likeness (QED) is 0.419. The average molecular weight is 137 g/mol. The molecule has 0 radical (unpaired) electrons. The molecule has 1 nitrogen and oxygen atoms in total. The van der Waals surface area contributed by atoms with E-state index in [2.05, 4.69) is 18.5 Å². The molecule has 0 heterocycles. The second-order valence-electron chi connectivity index (χ2n) is 2.19. The highest BCUT2D eigenvalue weighted by atomic mass is 14.7. The molecule has 0 bridgehead atoms. The molecule has 56 valence electrons. The lowest BCUT2D eigenvalue weighted by Crippen LogP contribution is -1.77. The Morgan fingerprint density at radius 2 is 2.10 bits per heavy atom. The lowest BCUT2D eigenvalue weighted by atomic mass is 10.2. The minimum absolute atomic E-state index is 0.988. The van der Waals surface area contributed by atoms with Crippen LogP contribution < -0.4 is 0 Å². The van der Waals surface area contributed by atoms with Crippen molar-refractivity contribution in [3.05, 3.63) is 23.9 Å². The van der Waals surface area contributed by atoms with Crippen LogP contribution in [0.15, 0.2) is 28.9 Å². The van der Waals surface area contributed by atoms with Gasteiger partial charge in [-0.05, 0) is 25.8 Å². The minimum atomic E-state index is 0.988. The van der Waals surface area contributed by atoms with Gasteiger partial charge in [0, 0.05) is 11.9 Å². The van der Waals surface area contributed by atoms with Crippen LogP contribution in [0.3, 0.4) is 0 Å². The molecule has 0 fully saturated rings. The molecule has 0 aliphatic carbocycles. The first-order valence-electron chi connectivity index (χ1n) is 3.54. The first kappa shape index (κ1) is 9.15. The number of rotatable bonds is 3. The summed E-state index contributed by atoms with van der Waals surface area (Å²) < 4.78 is 0. The van der Waals surface area contributed by atoms with Crippen LogP contribution in [0.4, 0.5) is 0 Å². The maximum absolute atomic E-state index is 4.20. The SMILES string of the molecule is C=C/C(C)=C(C)\N=C/CC. The smallest absolute Gasteiger partial charge is 0.0397 e. The Bertz CT molecular complexity index is 164. The van der Waals surface area contributed by atoms with E-state index >= 15 is 0 Å². The molecule has 0 saturated carbocycles. The second kappa shape index (κ2) is 4.98. The fraction of sp³-hybridized carbons (Fsp3) is 0.444. The first-order chi connectivity index (χ1) is 4.72. The first-order valence-corrected chi connectivity index (χ1v) is 3.54. The summed E-state index contributed by atoms with van der Waals surface area (Å²) in [4.78, 5) is 4.20. The zero-order chi connectivity index (χ0) is 7.98. The summed E-state index contributed by atoms with van der Waals surface area (Å²) in [7, 11) is 0. The van der Waals surface area contributed by atoms with Crippen LogP contribution in [0.25, 0.3) is 0 Å². The van der Waals surface area contributed by atoms with Gasteiger partial charge in [-0.3, -0.25) is 4.99 Å². The van der Waals surface area contributed by atoms with E-state index in [1.807, 2.05) is 26.1 Å². The molecule has 0 atom stereocenters. The summed E-state index contributed by atoms with van der Waals surface area (Å²) in [6, 6.07) is 0. The van der Waals surface area contributed by atoms with Gasteiger partial charge in [0.15, 0.2) is 0 Å². The van der Waals surface area contributed by atoms with Crippen LogP contribution in [-0.4, -0.2) is 6.21 Å². The fourth-order valence-electron chi connectivity index (χ4n) is 0.478. The van der Waals surface area contributed by atoms with Gasteiger partial charge in [-0.2, -0.15) is 0 Å². The van der Waals surface area contributed by atoms with Gasteiger partial charge in [-0.1, -0.05) is 19.6 Å². The molecular formula is C9H15N. The number of hydrogen-bond donors (Lipinski definition) is 0. The fourth-order valence-corrected chi connectivity index (χ4v) is 0.478. The lowest BCUT2D eigenvalue weighted by molar-refractivity contribution is 1.21. The largest absolute Gasteiger partial charge is 0.266 e. The Morgan fingerprint density at radius 3 is 2.50 bits per heavy atom. The Labute approximate surface area is 63.2 Å². The van der Waals surface area contributed by atoms with E-state index in [1.54, 1.807) is 0 Å². The topological polar surface area (TPSA) is 12.4 Å². The average Bonchev–Trinajstić information content (AvgIpc) is 1.98. The van der Waals surface area contributed by atoms with Gasteiger partial charge in [-0.15, -0.1) is 0 Å². The van der Waals surface area contributed by atoms with Crippen molar-refractivity contribution in [3.63, 3.8) is 0 Å². The summed E-state index contributed by atoms with van der Waals surface area (Å²) in [6.45, 7) is 9.73. The number of allylic oxidation sites excluding steroid dienone is 3. The number of nitrogens with zero attached hydrogens (tertiary/aromatic N) is 1. The van der Waals surface area contributed by atoms with Crippen molar-refractivity contribution in [3.8, 4) is 0 Å². The van der Waals surface area contributed by atoms with Crippen LogP contribution in [0, 0.1) is 0 Å². The Morgan fingerprint density at radius 1 is 1.50 bits per heavy atom. The molecular weight excluding hydrogens is 122 g/mol. The molecule has 0 spiro atoms. The maximum atomic E-state index is 4.20. The van der Waals surface area contributed by atoms with Crippen molar-refractivity contribution in [2.24, 2.45) is 4.99 Å². The van der Waals surface area contributed by atoms with E-state index in [-0.39, 0.29) is 0 Å². The van der Waals surface area contributed by atoms with Gasteiger partial charge in [0.25, 0.3) is 0 Å². The molecule has 10 heavy (non-hydrogen) atoms. The predicted molar refractivity (Wildman–Crippen MR) is 47.4 cm³/mol. The Balaban J connectivity index is 4.17. The summed E-state index contributed by atoms with van der Waals surface area (Å²) in [5.41, 5.74) is 2.20. The van der Waals surface area contributed by atoms with Gasteiger partial charge < -0.3 is 0 Å². The standard InChI is InChI=1S/C9H15N/c1-5-7-10-9(4)8(3)6-2/h6-7H,2,5H2,1,3-4H3/b9-8-,10-7-. The second-order valence-corrected chi connectivity index (χ2v) is 2.19. The lowest BCUT2D eigenvalue weighted by Gasteiger charge is -1.94. The maximum Gasteiger partial charge on any atom is 0.0397 e. The zero-order valence-corrected chi connectivity index (χ0v) is 7.02. The molecule has 0 N–H and O–H groups in total. The Hall–Kier alpha value is -0.850. The molecule has 0 saturated heterocycles.